The zero-order valence-electron chi connectivity index (χ0n) is 6.47. The van der Waals surface area contributed by atoms with Crippen molar-refractivity contribution in [1.29, 1.82) is 0 Å². The van der Waals surface area contributed by atoms with Crippen LogP contribution in [0.15, 0.2) is 24.3 Å². The summed E-state index contributed by atoms with van der Waals surface area (Å²) in [6, 6.07) is 0. The van der Waals surface area contributed by atoms with Crippen molar-refractivity contribution in [2.75, 3.05) is 5.50 Å². The average Bonchev–Trinajstić information content (AvgIpc) is 2.38. The Kier molecular flexibility index (Phi) is 2.37. The molecule has 0 spiro atoms. The molecule has 0 bridgehead atoms. The van der Waals surface area contributed by atoms with Crippen LogP contribution in [0.5, 0.6) is 0 Å². The molecule has 1 aliphatic carbocycles. The van der Waals surface area contributed by atoms with E-state index in [-0.39, 0.29) is 0 Å². The van der Waals surface area contributed by atoms with Crippen molar-refractivity contribution in [3.05, 3.63) is 24.3 Å². The number of allylic oxidation sites excluding steroid dienone is 4. The SMILES string of the molecule is C[Si](C)(CCl)C1C=CC=C1. The monoisotopic (exact) mass is 172 g/mol. The lowest BCUT2D eigenvalue weighted by Gasteiger charge is -2.23. The minimum atomic E-state index is -1.15. The first-order valence-corrected chi connectivity index (χ1v) is 7.40. The van der Waals surface area contributed by atoms with Crippen LogP contribution in [0.4, 0.5) is 0 Å². The van der Waals surface area contributed by atoms with Crippen molar-refractivity contribution < 1.29 is 0 Å². The van der Waals surface area contributed by atoms with Gasteiger partial charge < -0.3 is 0 Å². The topological polar surface area (TPSA) is 0 Å². The summed E-state index contributed by atoms with van der Waals surface area (Å²) in [6.07, 6.45) is 8.75. The molecule has 0 aromatic heterocycles. The molecule has 0 unspecified atom stereocenters. The molecule has 1 aliphatic rings. The molecule has 0 saturated heterocycles. The first kappa shape index (κ1) is 8.09. The van der Waals surface area contributed by atoms with Crippen LogP contribution >= 0.6 is 11.6 Å². The molecule has 0 aliphatic heterocycles. The molecule has 10 heavy (non-hydrogen) atoms. The zero-order valence-corrected chi connectivity index (χ0v) is 8.23. The van der Waals surface area contributed by atoms with E-state index in [0.29, 0.717) is 5.54 Å². The maximum absolute atomic E-state index is 5.87. The van der Waals surface area contributed by atoms with Crippen LogP contribution in [0.2, 0.25) is 18.6 Å². The van der Waals surface area contributed by atoms with Gasteiger partial charge in [0, 0.05) is 5.50 Å². The van der Waals surface area contributed by atoms with Gasteiger partial charge in [0.2, 0.25) is 0 Å². The smallest absolute Gasteiger partial charge is 0.0749 e. The fourth-order valence-electron chi connectivity index (χ4n) is 1.04. The van der Waals surface area contributed by atoms with Crippen LogP contribution in [-0.4, -0.2) is 13.6 Å². The maximum atomic E-state index is 5.87. The second-order valence-electron chi connectivity index (χ2n) is 3.42. The lowest BCUT2D eigenvalue weighted by Crippen LogP contribution is -2.32. The Morgan fingerprint density at radius 2 is 1.80 bits per heavy atom. The first-order chi connectivity index (χ1) is 4.67. The maximum Gasteiger partial charge on any atom is 0.0749 e. The molecular formula is C8H13ClSi. The molecule has 0 atom stereocenters. The number of rotatable bonds is 2. The fourth-order valence-corrected chi connectivity index (χ4v) is 3.02. The van der Waals surface area contributed by atoms with E-state index in [2.05, 4.69) is 37.4 Å². The van der Waals surface area contributed by atoms with E-state index in [1.807, 2.05) is 0 Å². The van der Waals surface area contributed by atoms with Crippen molar-refractivity contribution >= 4 is 19.7 Å². The molecule has 1 rings (SSSR count). The van der Waals surface area contributed by atoms with Crippen molar-refractivity contribution in [2.45, 2.75) is 18.6 Å². The highest BCUT2D eigenvalue weighted by Crippen LogP contribution is 2.28. The van der Waals surface area contributed by atoms with E-state index in [9.17, 15) is 0 Å². The van der Waals surface area contributed by atoms with Gasteiger partial charge in [-0.15, -0.1) is 11.6 Å². The third-order valence-corrected chi connectivity index (χ3v) is 6.94. The molecule has 2 heteroatoms. The molecule has 0 saturated carbocycles. The molecule has 0 aromatic rings. The molecule has 56 valence electrons. The van der Waals surface area contributed by atoms with Crippen LogP contribution in [0, 0.1) is 0 Å². The Balaban J connectivity index is 2.64. The lowest BCUT2D eigenvalue weighted by molar-refractivity contribution is 1.29. The fraction of sp³-hybridized carbons (Fsp3) is 0.500. The van der Waals surface area contributed by atoms with Gasteiger partial charge >= 0.3 is 0 Å². The van der Waals surface area contributed by atoms with E-state index in [1.54, 1.807) is 0 Å². The molecule has 0 heterocycles. The molecule has 0 amide bonds. The zero-order chi connectivity index (χ0) is 7.61. The summed E-state index contributed by atoms with van der Waals surface area (Å²) in [5.41, 5.74) is 1.52. The van der Waals surface area contributed by atoms with Crippen molar-refractivity contribution in [3.63, 3.8) is 0 Å². The molecular weight excluding hydrogens is 160 g/mol. The lowest BCUT2D eigenvalue weighted by atomic mass is 10.5. The Bertz CT molecular complexity index is 158. The summed E-state index contributed by atoms with van der Waals surface area (Å²) in [6.45, 7) is 4.65. The molecule has 0 fully saturated rings. The van der Waals surface area contributed by atoms with Crippen LogP contribution < -0.4 is 0 Å². The summed E-state index contributed by atoms with van der Waals surface area (Å²) >= 11 is 5.87. The van der Waals surface area contributed by atoms with Crippen LogP contribution in [0.25, 0.3) is 0 Å². The van der Waals surface area contributed by atoms with Crippen LogP contribution in [0.1, 0.15) is 0 Å². The molecule has 0 nitrogen and oxygen atoms in total. The van der Waals surface area contributed by atoms with Gasteiger partial charge in [0.1, 0.15) is 0 Å². The van der Waals surface area contributed by atoms with E-state index < -0.39 is 8.07 Å². The van der Waals surface area contributed by atoms with Gasteiger partial charge in [0.25, 0.3) is 0 Å². The second kappa shape index (κ2) is 2.93. The van der Waals surface area contributed by atoms with Crippen molar-refractivity contribution in [2.24, 2.45) is 0 Å². The summed E-state index contributed by atoms with van der Waals surface area (Å²) in [4.78, 5) is 0. The predicted molar refractivity (Wildman–Crippen MR) is 50.2 cm³/mol. The summed E-state index contributed by atoms with van der Waals surface area (Å²) in [5, 5.41) is 0. The molecule has 0 N–H and O–H groups in total. The van der Waals surface area contributed by atoms with Gasteiger partial charge in [-0.3, -0.25) is 0 Å². The van der Waals surface area contributed by atoms with E-state index in [4.69, 9.17) is 11.6 Å². The van der Waals surface area contributed by atoms with Gasteiger partial charge in [-0.1, -0.05) is 37.4 Å². The normalized spacial score (nSPS) is 18.7. The Morgan fingerprint density at radius 1 is 1.30 bits per heavy atom. The predicted octanol–water partition coefficient (Wildman–Crippen LogP) is 2.97. The number of hydrogen-bond acceptors (Lipinski definition) is 0. The highest BCUT2D eigenvalue weighted by Gasteiger charge is 2.27. The summed E-state index contributed by atoms with van der Waals surface area (Å²) < 4.78 is 0. The first-order valence-electron chi connectivity index (χ1n) is 3.58. The quantitative estimate of drug-likeness (QED) is 0.444. The highest BCUT2D eigenvalue weighted by molar-refractivity contribution is 6.85. The Hall–Kier alpha value is -0.0131. The van der Waals surface area contributed by atoms with Gasteiger partial charge in [0.05, 0.1) is 8.07 Å². The van der Waals surface area contributed by atoms with E-state index in [1.165, 1.54) is 0 Å². The van der Waals surface area contributed by atoms with Crippen LogP contribution in [0.3, 0.4) is 0 Å². The van der Waals surface area contributed by atoms with E-state index in [0.717, 1.165) is 5.50 Å². The Labute approximate surface area is 68.6 Å². The standard InChI is InChI=1S/C8H13ClSi/c1-10(2,7-9)8-5-3-4-6-8/h3-6,8H,7H2,1-2H3. The minimum Gasteiger partial charge on any atom is -0.130 e. The second-order valence-corrected chi connectivity index (χ2v) is 9.13. The van der Waals surface area contributed by atoms with Gasteiger partial charge in [-0.05, 0) is 5.54 Å². The molecule has 0 aromatic carbocycles. The minimum absolute atomic E-state index is 0.671. The van der Waals surface area contributed by atoms with Gasteiger partial charge in [-0.2, -0.15) is 0 Å². The van der Waals surface area contributed by atoms with Gasteiger partial charge in [0.15, 0.2) is 0 Å². The third-order valence-electron chi connectivity index (χ3n) is 1.99. The largest absolute Gasteiger partial charge is 0.130 e. The summed E-state index contributed by atoms with van der Waals surface area (Å²) in [5.74, 6) is 0. The highest BCUT2D eigenvalue weighted by atomic mass is 35.5. The Morgan fingerprint density at radius 3 is 2.20 bits per heavy atom. The number of hydrogen-bond donors (Lipinski definition) is 0. The van der Waals surface area contributed by atoms with Crippen molar-refractivity contribution in [3.8, 4) is 0 Å². The van der Waals surface area contributed by atoms with Crippen molar-refractivity contribution in [1.82, 2.24) is 0 Å². The molecule has 0 radical (unpaired) electrons. The number of alkyl halides is 1. The average molecular weight is 173 g/mol. The van der Waals surface area contributed by atoms with Gasteiger partial charge in [-0.25, -0.2) is 0 Å². The number of halogens is 1. The summed E-state index contributed by atoms with van der Waals surface area (Å²) in [7, 11) is -1.15. The van der Waals surface area contributed by atoms with Crippen LogP contribution in [-0.2, 0) is 0 Å². The van der Waals surface area contributed by atoms with E-state index >= 15 is 0 Å². The third kappa shape index (κ3) is 1.53.